The summed E-state index contributed by atoms with van der Waals surface area (Å²) in [6.07, 6.45) is 2.94. The van der Waals surface area contributed by atoms with Gasteiger partial charge in [-0.15, -0.1) is 11.3 Å². The van der Waals surface area contributed by atoms with Crippen molar-refractivity contribution in [3.8, 4) is 0 Å². The van der Waals surface area contributed by atoms with Gasteiger partial charge in [0.1, 0.15) is 5.01 Å². The van der Waals surface area contributed by atoms with Gasteiger partial charge in [-0.1, -0.05) is 12.1 Å². The molecule has 0 spiro atoms. The molecule has 2 aromatic rings. The number of aromatic nitrogens is 1. The molecule has 2 fully saturated rings. The summed E-state index contributed by atoms with van der Waals surface area (Å²) in [6.45, 7) is 2.17. The highest BCUT2D eigenvalue weighted by atomic mass is 32.1. The monoisotopic (exact) mass is 302 g/mol. The molecular formula is C16H18N2O2S. The Morgan fingerprint density at radius 2 is 2.24 bits per heavy atom. The van der Waals surface area contributed by atoms with Gasteiger partial charge in [0.05, 0.1) is 22.2 Å². The van der Waals surface area contributed by atoms with E-state index in [1.54, 1.807) is 11.3 Å². The van der Waals surface area contributed by atoms with E-state index in [0.29, 0.717) is 6.04 Å². The molecule has 2 aliphatic rings. The minimum absolute atomic E-state index is 0.189. The maximum Gasteiger partial charge on any atom is 0.308 e. The number of benzene rings is 1. The molecule has 2 bridgehead atoms. The van der Waals surface area contributed by atoms with Crippen molar-refractivity contribution in [3.05, 3.63) is 29.3 Å². The van der Waals surface area contributed by atoms with Gasteiger partial charge in [-0.05, 0) is 38.3 Å². The Balaban J connectivity index is 1.65. The zero-order chi connectivity index (χ0) is 14.6. The van der Waals surface area contributed by atoms with E-state index in [0.717, 1.165) is 29.8 Å². The van der Waals surface area contributed by atoms with Crippen molar-refractivity contribution in [3.63, 3.8) is 0 Å². The number of carbonyl (C=O) groups is 1. The highest BCUT2D eigenvalue weighted by Crippen LogP contribution is 2.47. The normalized spacial score (nSPS) is 30.0. The first-order valence-corrected chi connectivity index (χ1v) is 8.32. The zero-order valence-electron chi connectivity index (χ0n) is 11.9. The van der Waals surface area contributed by atoms with Crippen molar-refractivity contribution in [2.45, 2.75) is 44.3 Å². The van der Waals surface area contributed by atoms with Crippen LogP contribution in [-0.2, 0) is 4.79 Å². The third-order valence-electron chi connectivity index (χ3n) is 5.02. The van der Waals surface area contributed by atoms with Gasteiger partial charge in [0, 0.05) is 12.1 Å². The van der Waals surface area contributed by atoms with E-state index >= 15 is 0 Å². The number of fused-ring (bicyclic) bond motifs is 3. The average molecular weight is 302 g/mol. The lowest BCUT2D eigenvalue weighted by Gasteiger charge is -2.28. The Labute approximate surface area is 127 Å². The second kappa shape index (κ2) is 4.78. The molecular weight excluding hydrogens is 284 g/mol. The number of thiazole rings is 1. The predicted octanol–water partition coefficient (Wildman–Crippen LogP) is 3.29. The van der Waals surface area contributed by atoms with E-state index < -0.39 is 5.97 Å². The largest absolute Gasteiger partial charge is 0.481 e. The van der Waals surface area contributed by atoms with E-state index in [2.05, 4.69) is 17.9 Å². The molecule has 4 nitrogen and oxygen atoms in total. The summed E-state index contributed by atoms with van der Waals surface area (Å²) in [5.74, 6) is -0.829. The number of rotatable bonds is 3. The molecule has 3 heterocycles. The van der Waals surface area contributed by atoms with Crippen LogP contribution in [0.5, 0.6) is 0 Å². The summed E-state index contributed by atoms with van der Waals surface area (Å²) < 4.78 is 1.21. The number of carboxylic acid groups (broad SMARTS) is 1. The van der Waals surface area contributed by atoms with Gasteiger partial charge in [-0.25, -0.2) is 4.98 Å². The Kier molecular flexibility index (Phi) is 3.01. The summed E-state index contributed by atoms with van der Waals surface area (Å²) >= 11 is 1.73. The third kappa shape index (κ3) is 1.99. The molecule has 0 amide bonds. The Morgan fingerprint density at radius 1 is 1.43 bits per heavy atom. The second-order valence-electron chi connectivity index (χ2n) is 6.12. The predicted molar refractivity (Wildman–Crippen MR) is 82.4 cm³/mol. The van der Waals surface area contributed by atoms with Gasteiger partial charge in [0.15, 0.2) is 0 Å². The third-order valence-corrected chi connectivity index (χ3v) is 6.23. The molecule has 2 saturated heterocycles. The fraction of sp³-hybridized carbons (Fsp3) is 0.500. The van der Waals surface area contributed by atoms with Crippen LogP contribution in [-0.4, -0.2) is 33.0 Å². The van der Waals surface area contributed by atoms with Crippen LogP contribution in [0, 0.1) is 5.92 Å². The van der Waals surface area contributed by atoms with E-state index in [1.165, 1.54) is 4.70 Å². The van der Waals surface area contributed by atoms with Crippen LogP contribution in [0.25, 0.3) is 10.2 Å². The molecule has 4 unspecified atom stereocenters. The fourth-order valence-corrected chi connectivity index (χ4v) is 5.12. The zero-order valence-corrected chi connectivity index (χ0v) is 12.7. The molecule has 0 saturated carbocycles. The first-order chi connectivity index (χ1) is 10.1. The Bertz CT molecular complexity index is 665. The average Bonchev–Trinajstić information content (AvgIpc) is 3.18. The topological polar surface area (TPSA) is 53.4 Å². The van der Waals surface area contributed by atoms with Gasteiger partial charge in [0.25, 0.3) is 0 Å². The number of hydrogen-bond donors (Lipinski definition) is 1. The van der Waals surface area contributed by atoms with E-state index in [-0.39, 0.29) is 18.0 Å². The number of para-hydroxylation sites is 1. The summed E-state index contributed by atoms with van der Waals surface area (Å²) in [7, 11) is 0. The minimum Gasteiger partial charge on any atom is -0.481 e. The lowest BCUT2D eigenvalue weighted by atomic mass is 9.89. The van der Waals surface area contributed by atoms with Crippen LogP contribution in [0.4, 0.5) is 0 Å². The van der Waals surface area contributed by atoms with Crippen LogP contribution in [0.3, 0.4) is 0 Å². The minimum atomic E-state index is -0.635. The standard InChI is InChI=1S/C16H18N2O2S/c1-9(15-17-12-4-2-3-5-14(12)21-15)18-10-6-7-13(18)11(8-10)16(19)20/h2-5,9-11,13H,6-8H2,1H3,(H,19,20). The van der Waals surface area contributed by atoms with Crippen molar-refractivity contribution in [1.82, 2.24) is 9.88 Å². The molecule has 0 radical (unpaired) electrons. The van der Waals surface area contributed by atoms with Gasteiger partial charge < -0.3 is 5.11 Å². The first kappa shape index (κ1) is 13.2. The number of aliphatic carboxylic acids is 1. The fourth-order valence-electron chi connectivity index (χ4n) is 4.10. The van der Waals surface area contributed by atoms with Gasteiger partial charge in [-0.3, -0.25) is 9.69 Å². The number of carboxylic acids is 1. The van der Waals surface area contributed by atoms with Crippen LogP contribution in [0.2, 0.25) is 0 Å². The molecule has 5 heteroatoms. The quantitative estimate of drug-likeness (QED) is 0.945. The second-order valence-corrected chi connectivity index (χ2v) is 7.18. The maximum absolute atomic E-state index is 11.4. The van der Waals surface area contributed by atoms with Crippen molar-refractivity contribution in [1.29, 1.82) is 0 Å². The molecule has 0 aliphatic carbocycles. The summed E-state index contributed by atoms with van der Waals surface area (Å²) in [6, 6.07) is 9.01. The van der Waals surface area contributed by atoms with Crippen LogP contribution in [0.15, 0.2) is 24.3 Å². The van der Waals surface area contributed by atoms with Crippen molar-refractivity contribution >= 4 is 27.5 Å². The van der Waals surface area contributed by atoms with Crippen LogP contribution in [0.1, 0.15) is 37.2 Å². The van der Waals surface area contributed by atoms with E-state index in [1.807, 2.05) is 18.2 Å². The Morgan fingerprint density at radius 3 is 2.95 bits per heavy atom. The first-order valence-electron chi connectivity index (χ1n) is 7.51. The number of hydrogen-bond acceptors (Lipinski definition) is 4. The van der Waals surface area contributed by atoms with Crippen molar-refractivity contribution in [2.75, 3.05) is 0 Å². The van der Waals surface area contributed by atoms with Crippen LogP contribution < -0.4 is 0 Å². The smallest absolute Gasteiger partial charge is 0.308 e. The summed E-state index contributed by atoms with van der Waals surface area (Å²) in [5.41, 5.74) is 1.05. The van der Waals surface area contributed by atoms with E-state index in [9.17, 15) is 9.90 Å². The highest BCUT2D eigenvalue weighted by Gasteiger charge is 2.51. The SMILES string of the molecule is CC(c1nc2ccccc2s1)N1C2CCC1C(C(=O)O)C2. The molecule has 1 aromatic heterocycles. The van der Waals surface area contributed by atoms with Crippen molar-refractivity contribution < 1.29 is 9.90 Å². The van der Waals surface area contributed by atoms with Gasteiger partial charge >= 0.3 is 5.97 Å². The lowest BCUT2D eigenvalue weighted by molar-refractivity contribution is -0.142. The van der Waals surface area contributed by atoms with Crippen LogP contribution >= 0.6 is 11.3 Å². The molecule has 1 N–H and O–H groups in total. The summed E-state index contributed by atoms with van der Waals surface area (Å²) in [4.78, 5) is 18.6. The molecule has 4 rings (SSSR count). The van der Waals surface area contributed by atoms with Gasteiger partial charge in [0.2, 0.25) is 0 Å². The maximum atomic E-state index is 11.4. The summed E-state index contributed by atoms with van der Waals surface area (Å²) in [5, 5.41) is 10.5. The molecule has 1 aromatic carbocycles. The number of nitrogens with zero attached hydrogens (tertiary/aromatic N) is 2. The molecule has 2 aliphatic heterocycles. The molecule has 4 atom stereocenters. The molecule has 110 valence electrons. The Hall–Kier alpha value is -1.46. The lowest BCUT2D eigenvalue weighted by Crippen LogP contribution is -2.34. The molecule has 21 heavy (non-hydrogen) atoms. The van der Waals surface area contributed by atoms with Crippen molar-refractivity contribution in [2.24, 2.45) is 5.92 Å². The highest BCUT2D eigenvalue weighted by molar-refractivity contribution is 7.18. The van der Waals surface area contributed by atoms with E-state index in [4.69, 9.17) is 4.98 Å². The van der Waals surface area contributed by atoms with Gasteiger partial charge in [-0.2, -0.15) is 0 Å².